The van der Waals surface area contributed by atoms with Gasteiger partial charge in [0, 0.05) is 32.0 Å². The van der Waals surface area contributed by atoms with Gasteiger partial charge < -0.3 is 24.5 Å². The van der Waals surface area contributed by atoms with E-state index < -0.39 is 0 Å². The lowest BCUT2D eigenvalue weighted by Crippen LogP contribution is -2.26. The highest BCUT2D eigenvalue weighted by Crippen LogP contribution is 2.27. The largest absolute Gasteiger partial charge is 0.497 e. The summed E-state index contributed by atoms with van der Waals surface area (Å²) in [4.78, 5) is 16.8. The number of carbonyl (C=O) groups is 1. The molecule has 0 radical (unpaired) electrons. The van der Waals surface area contributed by atoms with Crippen LogP contribution in [0.2, 0.25) is 0 Å². The first kappa shape index (κ1) is 17.8. The molecule has 0 aliphatic heterocycles. The lowest BCUT2D eigenvalue weighted by Gasteiger charge is -2.10. The Labute approximate surface area is 151 Å². The van der Waals surface area contributed by atoms with Crippen molar-refractivity contribution in [1.29, 1.82) is 0 Å². The standard InChI is InChI=1S/C19H21N3O4/c1-24-10-3-9-20-19(23)16-12-17-15(8-11-26-17)18(22-16)21-13-4-6-14(25-2)7-5-13/h4-8,11-12H,3,9-10H2,1-2H3,(H,20,23)(H,21,22). The van der Waals surface area contributed by atoms with Crippen molar-refractivity contribution in [3.05, 3.63) is 48.4 Å². The molecule has 0 saturated heterocycles. The number of pyridine rings is 1. The Kier molecular flexibility index (Phi) is 5.70. The number of furan rings is 1. The van der Waals surface area contributed by atoms with E-state index in [0.29, 0.717) is 30.2 Å². The maximum absolute atomic E-state index is 12.4. The third kappa shape index (κ3) is 4.12. The van der Waals surface area contributed by atoms with Crippen molar-refractivity contribution in [2.24, 2.45) is 0 Å². The van der Waals surface area contributed by atoms with E-state index in [1.807, 2.05) is 30.3 Å². The summed E-state index contributed by atoms with van der Waals surface area (Å²) in [6.45, 7) is 1.11. The van der Waals surface area contributed by atoms with Crippen molar-refractivity contribution in [1.82, 2.24) is 10.3 Å². The van der Waals surface area contributed by atoms with Crippen LogP contribution >= 0.6 is 0 Å². The predicted molar refractivity (Wildman–Crippen MR) is 99.1 cm³/mol. The molecule has 0 aliphatic carbocycles. The van der Waals surface area contributed by atoms with E-state index >= 15 is 0 Å². The highest BCUT2D eigenvalue weighted by molar-refractivity contribution is 5.99. The minimum Gasteiger partial charge on any atom is -0.497 e. The van der Waals surface area contributed by atoms with Crippen LogP contribution in [0.3, 0.4) is 0 Å². The molecule has 0 unspecified atom stereocenters. The summed E-state index contributed by atoms with van der Waals surface area (Å²) < 4.78 is 15.6. The lowest BCUT2D eigenvalue weighted by atomic mass is 10.2. The molecule has 1 aromatic carbocycles. The Morgan fingerprint density at radius 2 is 2.00 bits per heavy atom. The normalized spacial score (nSPS) is 10.7. The molecular weight excluding hydrogens is 334 g/mol. The number of benzene rings is 1. The number of aromatic nitrogens is 1. The molecule has 26 heavy (non-hydrogen) atoms. The van der Waals surface area contributed by atoms with Crippen molar-refractivity contribution in [3.63, 3.8) is 0 Å². The summed E-state index contributed by atoms with van der Waals surface area (Å²) in [5.41, 5.74) is 1.72. The van der Waals surface area contributed by atoms with Crippen LogP contribution in [0, 0.1) is 0 Å². The van der Waals surface area contributed by atoms with Crippen molar-refractivity contribution in [2.45, 2.75) is 6.42 Å². The maximum atomic E-state index is 12.4. The van der Waals surface area contributed by atoms with Gasteiger partial charge in [0.25, 0.3) is 5.91 Å². The van der Waals surface area contributed by atoms with Gasteiger partial charge in [0.2, 0.25) is 0 Å². The van der Waals surface area contributed by atoms with Crippen molar-refractivity contribution >= 4 is 28.4 Å². The van der Waals surface area contributed by atoms with Crippen molar-refractivity contribution in [3.8, 4) is 5.75 Å². The summed E-state index contributed by atoms with van der Waals surface area (Å²) >= 11 is 0. The molecule has 0 atom stereocenters. The minimum absolute atomic E-state index is 0.253. The number of nitrogens with one attached hydrogen (secondary N) is 2. The summed E-state index contributed by atoms with van der Waals surface area (Å²) in [5.74, 6) is 1.07. The van der Waals surface area contributed by atoms with Gasteiger partial charge in [0.15, 0.2) is 0 Å². The smallest absolute Gasteiger partial charge is 0.270 e. The summed E-state index contributed by atoms with van der Waals surface area (Å²) in [7, 11) is 3.25. The zero-order valence-corrected chi connectivity index (χ0v) is 14.7. The van der Waals surface area contributed by atoms with Gasteiger partial charge in [-0.1, -0.05) is 0 Å². The van der Waals surface area contributed by atoms with Crippen LogP contribution in [0.5, 0.6) is 5.75 Å². The monoisotopic (exact) mass is 355 g/mol. The van der Waals surface area contributed by atoms with E-state index in [2.05, 4.69) is 15.6 Å². The van der Waals surface area contributed by atoms with E-state index in [1.54, 1.807) is 26.5 Å². The third-order valence-corrected chi connectivity index (χ3v) is 3.85. The Bertz CT molecular complexity index is 874. The molecule has 2 heterocycles. The summed E-state index contributed by atoms with van der Waals surface area (Å²) in [6.07, 6.45) is 2.31. The number of ether oxygens (including phenoxy) is 2. The second-order valence-electron chi connectivity index (χ2n) is 5.64. The van der Waals surface area contributed by atoms with E-state index in [0.717, 1.165) is 23.2 Å². The topological polar surface area (TPSA) is 85.6 Å². The fraction of sp³-hybridized carbons (Fsp3) is 0.263. The fourth-order valence-corrected chi connectivity index (χ4v) is 2.50. The van der Waals surface area contributed by atoms with Gasteiger partial charge in [-0.15, -0.1) is 0 Å². The Morgan fingerprint density at radius 3 is 2.73 bits per heavy atom. The summed E-state index contributed by atoms with van der Waals surface area (Å²) in [5, 5.41) is 6.86. The second kappa shape index (κ2) is 8.35. The van der Waals surface area contributed by atoms with Crippen LogP contribution in [0.15, 0.2) is 47.1 Å². The van der Waals surface area contributed by atoms with Gasteiger partial charge in [-0.2, -0.15) is 0 Å². The van der Waals surface area contributed by atoms with Gasteiger partial charge in [0.1, 0.15) is 22.8 Å². The van der Waals surface area contributed by atoms with Gasteiger partial charge in [-0.25, -0.2) is 4.98 Å². The number of amides is 1. The van der Waals surface area contributed by atoms with E-state index in [1.165, 1.54) is 0 Å². The van der Waals surface area contributed by atoms with Crippen LogP contribution in [-0.2, 0) is 4.74 Å². The number of nitrogens with zero attached hydrogens (tertiary/aromatic N) is 1. The zero-order chi connectivity index (χ0) is 18.4. The Hall–Kier alpha value is -3.06. The van der Waals surface area contributed by atoms with Crippen LogP contribution in [0.1, 0.15) is 16.9 Å². The van der Waals surface area contributed by atoms with E-state index in [9.17, 15) is 4.79 Å². The molecule has 3 aromatic rings. The van der Waals surface area contributed by atoms with Gasteiger partial charge in [-0.05, 0) is 36.8 Å². The molecule has 1 amide bonds. The van der Waals surface area contributed by atoms with Crippen molar-refractivity contribution < 1.29 is 18.7 Å². The molecule has 0 saturated carbocycles. The number of hydrogen-bond acceptors (Lipinski definition) is 6. The number of anilines is 2. The zero-order valence-electron chi connectivity index (χ0n) is 14.7. The quantitative estimate of drug-likeness (QED) is 0.603. The molecule has 7 nitrogen and oxygen atoms in total. The second-order valence-corrected chi connectivity index (χ2v) is 5.64. The van der Waals surface area contributed by atoms with Crippen molar-refractivity contribution in [2.75, 3.05) is 32.7 Å². The van der Waals surface area contributed by atoms with Crippen LogP contribution in [0.4, 0.5) is 11.5 Å². The van der Waals surface area contributed by atoms with Crippen LogP contribution in [-0.4, -0.2) is 38.3 Å². The predicted octanol–water partition coefficient (Wildman–Crippen LogP) is 3.35. The fourth-order valence-electron chi connectivity index (χ4n) is 2.50. The Balaban J connectivity index is 1.82. The molecule has 0 fully saturated rings. The van der Waals surface area contributed by atoms with Gasteiger partial charge in [-0.3, -0.25) is 4.79 Å². The SMILES string of the molecule is COCCCNC(=O)c1cc2occc2c(Nc2ccc(OC)cc2)n1. The average Bonchev–Trinajstić information content (AvgIpc) is 3.14. The number of methoxy groups -OCH3 is 2. The number of fused-ring (bicyclic) bond motifs is 1. The average molecular weight is 355 g/mol. The van der Waals surface area contributed by atoms with Gasteiger partial charge >= 0.3 is 0 Å². The first-order valence-electron chi connectivity index (χ1n) is 8.27. The highest BCUT2D eigenvalue weighted by Gasteiger charge is 2.14. The number of hydrogen-bond donors (Lipinski definition) is 2. The van der Waals surface area contributed by atoms with E-state index in [-0.39, 0.29) is 5.91 Å². The molecule has 2 aromatic heterocycles. The molecule has 136 valence electrons. The first-order valence-corrected chi connectivity index (χ1v) is 8.27. The lowest BCUT2D eigenvalue weighted by molar-refractivity contribution is 0.0944. The minimum atomic E-state index is -0.253. The Morgan fingerprint density at radius 1 is 1.19 bits per heavy atom. The number of carbonyl (C=O) groups excluding carboxylic acids is 1. The highest BCUT2D eigenvalue weighted by atomic mass is 16.5. The molecule has 0 bridgehead atoms. The van der Waals surface area contributed by atoms with Crippen LogP contribution in [0.25, 0.3) is 11.0 Å². The first-order chi connectivity index (χ1) is 12.7. The van der Waals surface area contributed by atoms with Gasteiger partial charge in [0.05, 0.1) is 18.8 Å². The molecule has 2 N–H and O–H groups in total. The van der Waals surface area contributed by atoms with E-state index in [4.69, 9.17) is 13.9 Å². The number of rotatable bonds is 8. The third-order valence-electron chi connectivity index (χ3n) is 3.85. The molecular formula is C19H21N3O4. The van der Waals surface area contributed by atoms with Crippen LogP contribution < -0.4 is 15.4 Å². The molecule has 7 heteroatoms. The molecule has 0 spiro atoms. The summed E-state index contributed by atoms with van der Waals surface area (Å²) in [6, 6.07) is 10.9. The molecule has 0 aliphatic rings. The molecule has 3 rings (SSSR count). The maximum Gasteiger partial charge on any atom is 0.270 e.